The van der Waals surface area contributed by atoms with Gasteiger partial charge in [0.15, 0.2) is 0 Å². The predicted molar refractivity (Wildman–Crippen MR) is 40.5 cm³/mol. The van der Waals surface area contributed by atoms with Gasteiger partial charge in [0.05, 0.1) is 0 Å². The molecule has 1 heterocycles. The van der Waals surface area contributed by atoms with Crippen LogP contribution in [0.5, 0.6) is 0 Å². The molecule has 1 aliphatic heterocycles. The molecule has 0 amide bonds. The Morgan fingerprint density at radius 1 is 1.22 bits per heavy atom. The Morgan fingerprint density at radius 3 is 1.89 bits per heavy atom. The normalized spacial score (nSPS) is 37.7. The van der Waals surface area contributed by atoms with Gasteiger partial charge in [-0.1, -0.05) is 6.92 Å². The van der Waals surface area contributed by atoms with Gasteiger partial charge in [0.25, 0.3) is 0 Å². The maximum atomic E-state index is 2.57. The van der Waals surface area contributed by atoms with Gasteiger partial charge in [0.1, 0.15) is 0 Å². The zero-order chi connectivity index (χ0) is 6.85. The summed E-state index contributed by atoms with van der Waals surface area (Å²) in [5.74, 6) is 0. The lowest BCUT2D eigenvalue weighted by molar-refractivity contribution is 0.226. The standard InChI is InChI=1S/C8H17N/c1-4-9-7(2)5-6-8(9)3/h7-8H,4-6H2,1-3H3/t7-,8?/m1/s1. The fourth-order valence-electron chi connectivity index (χ4n) is 1.87. The molecule has 0 saturated carbocycles. The van der Waals surface area contributed by atoms with E-state index in [-0.39, 0.29) is 0 Å². The lowest BCUT2D eigenvalue weighted by Crippen LogP contribution is -2.32. The molecule has 1 saturated heterocycles. The second kappa shape index (κ2) is 2.70. The fraction of sp³-hybridized carbons (Fsp3) is 1.00. The van der Waals surface area contributed by atoms with E-state index in [4.69, 9.17) is 0 Å². The van der Waals surface area contributed by atoms with Gasteiger partial charge >= 0.3 is 0 Å². The summed E-state index contributed by atoms with van der Waals surface area (Å²) in [5.41, 5.74) is 0. The van der Waals surface area contributed by atoms with Crippen LogP contribution in [0.25, 0.3) is 0 Å². The van der Waals surface area contributed by atoms with E-state index in [1.54, 1.807) is 0 Å². The lowest BCUT2D eigenvalue weighted by Gasteiger charge is -2.23. The molecule has 0 aliphatic carbocycles. The summed E-state index contributed by atoms with van der Waals surface area (Å²) in [6.45, 7) is 8.13. The van der Waals surface area contributed by atoms with Crippen LogP contribution in [0.1, 0.15) is 33.6 Å². The first-order chi connectivity index (χ1) is 4.25. The third-order valence-electron chi connectivity index (χ3n) is 2.50. The molecule has 0 N–H and O–H groups in total. The average molecular weight is 127 g/mol. The van der Waals surface area contributed by atoms with Gasteiger partial charge in [-0.15, -0.1) is 0 Å². The predicted octanol–water partition coefficient (Wildman–Crippen LogP) is 1.88. The molecular weight excluding hydrogens is 110 g/mol. The minimum absolute atomic E-state index is 0.838. The second-order valence-electron chi connectivity index (χ2n) is 3.11. The van der Waals surface area contributed by atoms with Crippen molar-refractivity contribution in [3.05, 3.63) is 0 Å². The van der Waals surface area contributed by atoms with Crippen molar-refractivity contribution in [2.45, 2.75) is 45.7 Å². The van der Waals surface area contributed by atoms with Crippen molar-refractivity contribution in [3.63, 3.8) is 0 Å². The van der Waals surface area contributed by atoms with Crippen molar-refractivity contribution in [3.8, 4) is 0 Å². The minimum atomic E-state index is 0.838. The molecule has 2 atom stereocenters. The number of nitrogens with zero attached hydrogens (tertiary/aromatic N) is 1. The Balaban J connectivity index is 2.44. The number of likely N-dealkylation sites (tertiary alicyclic amines) is 1. The monoisotopic (exact) mass is 127 g/mol. The molecule has 1 rings (SSSR count). The molecule has 1 unspecified atom stereocenters. The maximum Gasteiger partial charge on any atom is 0.00702 e. The second-order valence-corrected chi connectivity index (χ2v) is 3.11. The molecule has 9 heavy (non-hydrogen) atoms. The molecular formula is C8H17N. The van der Waals surface area contributed by atoms with E-state index in [1.165, 1.54) is 19.4 Å². The SMILES string of the molecule is CCN1C(C)CC[C@H]1C. The van der Waals surface area contributed by atoms with Crippen molar-refractivity contribution in [1.29, 1.82) is 0 Å². The Bertz CT molecular complexity index is 80.6. The fourth-order valence-corrected chi connectivity index (χ4v) is 1.87. The van der Waals surface area contributed by atoms with Crippen molar-refractivity contribution in [1.82, 2.24) is 4.90 Å². The van der Waals surface area contributed by atoms with E-state index >= 15 is 0 Å². The van der Waals surface area contributed by atoms with Crippen molar-refractivity contribution in [2.24, 2.45) is 0 Å². The van der Waals surface area contributed by atoms with Crippen LogP contribution >= 0.6 is 0 Å². The topological polar surface area (TPSA) is 3.24 Å². The Kier molecular flexibility index (Phi) is 2.12. The van der Waals surface area contributed by atoms with Crippen LogP contribution in [-0.4, -0.2) is 23.5 Å². The maximum absolute atomic E-state index is 2.57. The average Bonchev–Trinajstić information content (AvgIpc) is 2.12. The number of hydrogen-bond donors (Lipinski definition) is 0. The Labute approximate surface area is 58.0 Å². The van der Waals surface area contributed by atoms with Gasteiger partial charge in [-0.2, -0.15) is 0 Å². The molecule has 54 valence electrons. The van der Waals surface area contributed by atoms with Gasteiger partial charge in [-0.25, -0.2) is 0 Å². The molecule has 0 spiro atoms. The van der Waals surface area contributed by atoms with Crippen LogP contribution in [0.3, 0.4) is 0 Å². The number of rotatable bonds is 1. The summed E-state index contributed by atoms with van der Waals surface area (Å²) < 4.78 is 0. The van der Waals surface area contributed by atoms with Crippen LogP contribution in [0.4, 0.5) is 0 Å². The van der Waals surface area contributed by atoms with E-state index in [0.29, 0.717) is 0 Å². The molecule has 0 aromatic carbocycles. The van der Waals surface area contributed by atoms with Crippen LogP contribution in [-0.2, 0) is 0 Å². The first-order valence-electron chi connectivity index (χ1n) is 4.01. The third kappa shape index (κ3) is 1.26. The van der Waals surface area contributed by atoms with Crippen molar-refractivity contribution in [2.75, 3.05) is 6.54 Å². The van der Waals surface area contributed by atoms with Crippen molar-refractivity contribution < 1.29 is 0 Å². The molecule has 0 bridgehead atoms. The summed E-state index contributed by atoms with van der Waals surface area (Å²) in [5, 5.41) is 0. The van der Waals surface area contributed by atoms with Crippen LogP contribution < -0.4 is 0 Å². The summed E-state index contributed by atoms with van der Waals surface area (Å²) in [6.07, 6.45) is 2.80. The molecule has 0 radical (unpaired) electrons. The van der Waals surface area contributed by atoms with E-state index in [9.17, 15) is 0 Å². The highest BCUT2D eigenvalue weighted by molar-refractivity contribution is 4.80. The van der Waals surface area contributed by atoms with Crippen LogP contribution in [0.15, 0.2) is 0 Å². The van der Waals surface area contributed by atoms with E-state index in [1.807, 2.05) is 0 Å². The first kappa shape index (κ1) is 7.07. The van der Waals surface area contributed by atoms with E-state index in [0.717, 1.165) is 12.1 Å². The molecule has 1 heteroatoms. The summed E-state index contributed by atoms with van der Waals surface area (Å²) in [4.78, 5) is 2.57. The van der Waals surface area contributed by atoms with Crippen LogP contribution in [0, 0.1) is 0 Å². The highest BCUT2D eigenvalue weighted by Gasteiger charge is 2.24. The molecule has 1 fully saturated rings. The quantitative estimate of drug-likeness (QED) is 0.520. The lowest BCUT2D eigenvalue weighted by atomic mass is 10.2. The van der Waals surface area contributed by atoms with Gasteiger partial charge < -0.3 is 0 Å². The Hall–Kier alpha value is -0.0400. The molecule has 1 nitrogen and oxygen atoms in total. The van der Waals surface area contributed by atoms with Crippen molar-refractivity contribution >= 4 is 0 Å². The zero-order valence-electron chi connectivity index (χ0n) is 6.72. The largest absolute Gasteiger partial charge is 0.298 e. The zero-order valence-corrected chi connectivity index (χ0v) is 6.72. The summed E-state index contributed by atoms with van der Waals surface area (Å²) in [7, 11) is 0. The Morgan fingerprint density at radius 2 is 1.67 bits per heavy atom. The highest BCUT2D eigenvalue weighted by atomic mass is 15.2. The van der Waals surface area contributed by atoms with E-state index in [2.05, 4.69) is 25.7 Å². The van der Waals surface area contributed by atoms with E-state index < -0.39 is 0 Å². The smallest absolute Gasteiger partial charge is 0.00702 e. The summed E-state index contributed by atoms with van der Waals surface area (Å²) in [6, 6.07) is 1.68. The van der Waals surface area contributed by atoms with Gasteiger partial charge in [0, 0.05) is 12.1 Å². The third-order valence-corrected chi connectivity index (χ3v) is 2.50. The molecule has 0 aromatic heterocycles. The number of hydrogen-bond acceptors (Lipinski definition) is 1. The first-order valence-corrected chi connectivity index (χ1v) is 4.01. The summed E-state index contributed by atoms with van der Waals surface area (Å²) >= 11 is 0. The molecule has 1 aliphatic rings. The van der Waals surface area contributed by atoms with Gasteiger partial charge in [0.2, 0.25) is 0 Å². The van der Waals surface area contributed by atoms with Gasteiger partial charge in [-0.3, -0.25) is 4.90 Å². The highest BCUT2D eigenvalue weighted by Crippen LogP contribution is 2.22. The minimum Gasteiger partial charge on any atom is -0.298 e. The molecule has 0 aromatic rings. The van der Waals surface area contributed by atoms with Gasteiger partial charge in [-0.05, 0) is 33.2 Å². The van der Waals surface area contributed by atoms with Crippen LogP contribution in [0.2, 0.25) is 0 Å².